The van der Waals surface area contributed by atoms with Gasteiger partial charge in [-0.3, -0.25) is 0 Å². The molecular weight excluding hydrogens is 514 g/mol. The molecule has 4 rings (SSSR count). The summed E-state index contributed by atoms with van der Waals surface area (Å²) in [4.78, 5) is 11.2. The van der Waals surface area contributed by atoms with Gasteiger partial charge in [0.1, 0.15) is 19.8 Å². The van der Waals surface area contributed by atoms with Gasteiger partial charge >= 0.3 is 5.97 Å². The third kappa shape index (κ3) is 5.46. The van der Waals surface area contributed by atoms with Crippen LogP contribution in [-0.2, 0) is 13.2 Å². The smallest absolute Gasteiger partial charge is 0.335 e. The summed E-state index contributed by atoms with van der Waals surface area (Å²) < 4.78 is 23.5. The van der Waals surface area contributed by atoms with E-state index in [1.54, 1.807) is 13.2 Å². The van der Waals surface area contributed by atoms with Crippen LogP contribution in [0.25, 0.3) is 0 Å². The van der Waals surface area contributed by atoms with E-state index in [9.17, 15) is 9.90 Å². The van der Waals surface area contributed by atoms with Crippen LogP contribution in [0.5, 0.6) is 23.0 Å². The largest absolute Gasteiger partial charge is 0.493 e. The standard InChI is InChI=1S/C24H21BrClNO6/c1-30-22-10-15(12-27-19-11-16(24(28)29)3-4-18(19)26)8-17(25)23(22)33-13-14-2-5-20-21(9-14)32-7-6-31-20/h2-5,8-11,27H,6-7,12-13H2,1H3,(H,28,29). The topological polar surface area (TPSA) is 86.3 Å². The second-order valence-electron chi connectivity index (χ2n) is 7.23. The number of nitrogens with one attached hydrogen (secondary N) is 1. The van der Waals surface area contributed by atoms with Crippen LogP contribution in [0, 0.1) is 0 Å². The Kier molecular flexibility index (Phi) is 7.15. The van der Waals surface area contributed by atoms with E-state index < -0.39 is 5.97 Å². The minimum Gasteiger partial charge on any atom is -0.493 e. The Morgan fingerprint density at radius 2 is 1.88 bits per heavy atom. The van der Waals surface area contributed by atoms with E-state index in [1.807, 2.05) is 30.3 Å². The highest BCUT2D eigenvalue weighted by Gasteiger charge is 2.15. The molecule has 0 unspecified atom stereocenters. The highest BCUT2D eigenvalue weighted by Crippen LogP contribution is 2.38. The van der Waals surface area contributed by atoms with Crippen molar-refractivity contribution in [2.24, 2.45) is 0 Å². The molecule has 0 spiro atoms. The molecule has 0 fully saturated rings. The number of hydrogen-bond acceptors (Lipinski definition) is 6. The normalized spacial score (nSPS) is 12.2. The fourth-order valence-electron chi connectivity index (χ4n) is 3.34. The lowest BCUT2D eigenvalue weighted by Crippen LogP contribution is -2.15. The first-order chi connectivity index (χ1) is 15.9. The van der Waals surface area contributed by atoms with Crippen LogP contribution in [0.15, 0.2) is 53.0 Å². The Labute approximate surface area is 204 Å². The van der Waals surface area contributed by atoms with Crippen LogP contribution in [0.3, 0.4) is 0 Å². The number of rotatable bonds is 8. The summed E-state index contributed by atoms with van der Waals surface area (Å²) in [6.07, 6.45) is 0. The number of anilines is 1. The van der Waals surface area contributed by atoms with Crippen molar-refractivity contribution in [1.29, 1.82) is 0 Å². The van der Waals surface area contributed by atoms with E-state index >= 15 is 0 Å². The SMILES string of the molecule is COc1cc(CNc2cc(C(=O)O)ccc2Cl)cc(Br)c1OCc1ccc2c(c1)OCCO2. The van der Waals surface area contributed by atoms with Crippen molar-refractivity contribution in [2.75, 3.05) is 25.6 Å². The van der Waals surface area contributed by atoms with E-state index in [-0.39, 0.29) is 5.56 Å². The highest BCUT2D eigenvalue weighted by molar-refractivity contribution is 9.10. The van der Waals surface area contributed by atoms with Crippen molar-refractivity contribution in [2.45, 2.75) is 13.2 Å². The molecule has 7 nitrogen and oxygen atoms in total. The lowest BCUT2D eigenvalue weighted by atomic mass is 10.1. The summed E-state index contributed by atoms with van der Waals surface area (Å²) >= 11 is 9.76. The van der Waals surface area contributed by atoms with Gasteiger partial charge in [0.2, 0.25) is 0 Å². The monoisotopic (exact) mass is 533 g/mol. The maximum Gasteiger partial charge on any atom is 0.335 e. The quantitative estimate of drug-likeness (QED) is 0.379. The number of carboxylic acids is 1. The summed E-state index contributed by atoms with van der Waals surface area (Å²) in [5.41, 5.74) is 2.52. The molecule has 9 heteroatoms. The van der Waals surface area contributed by atoms with Gasteiger partial charge in [0.05, 0.1) is 27.9 Å². The summed E-state index contributed by atoms with van der Waals surface area (Å²) in [6.45, 7) is 1.80. The lowest BCUT2D eigenvalue weighted by molar-refractivity contribution is 0.0697. The van der Waals surface area contributed by atoms with Crippen LogP contribution in [-0.4, -0.2) is 31.4 Å². The van der Waals surface area contributed by atoms with Crippen LogP contribution in [0.2, 0.25) is 5.02 Å². The Hall–Kier alpha value is -3.10. The predicted molar refractivity (Wildman–Crippen MR) is 128 cm³/mol. The molecule has 1 heterocycles. The maximum atomic E-state index is 11.2. The maximum absolute atomic E-state index is 11.2. The molecule has 0 saturated heterocycles. The molecule has 3 aromatic rings. The van der Waals surface area contributed by atoms with Gasteiger partial charge in [-0.15, -0.1) is 0 Å². The van der Waals surface area contributed by atoms with E-state index in [2.05, 4.69) is 21.2 Å². The lowest BCUT2D eigenvalue weighted by Gasteiger charge is -2.19. The third-order valence-corrected chi connectivity index (χ3v) is 5.89. The number of hydrogen-bond donors (Lipinski definition) is 2. The van der Waals surface area contributed by atoms with Crippen molar-refractivity contribution in [1.82, 2.24) is 0 Å². The summed E-state index contributed by atoms with van der Waals surface area (Å²) in [6, 6.07) is 14.0. The van der Waals surface area contributed by atoms with E-state index in [4.69, 9.17) is 30.5 Å². The van der Waals surface area contributed by atoms with Crippen LogP contribution >= 0.6 is 27.5 Å². The molecule has 0 radical (unpaired) electrons. The fraction of sp³-hybridized carbons (Fsp3) is 0.208. The first kappa shape index (κ1) is 23.1. The summed E-state index contributed by atoms with van der Waals surface area (Å²) in [5.74, 6) is 1.56. The zero-order valence-corrected chi connectivity index (χ0v) is 20.0. The number of benzene rings is 3. The first-order valence-corrected chi connectivity index (χ1v) is 11.3. The molecule has 0 aromatic heterocycles. The Morgan fingerprint density at radius 3 is 2.64 bits per heavy atom. The molecule has 33 heavy (non-hydrogen) atoms. The molecule has 0 amide bonds. The molecule has 0 aliphatic carbocycles. The van der Waals surface area contributed by atoms with Crippen LogP contribution in [0.1, 0.15) is 21.5 Å². The van der Waals surface area contributed by atoms with E-state index in [1.165, 1.54) is 12.1 Å². The molecule has 0 saturated carbocycles. The van der Waals surface area contributed by atoms with Gasteiger partial charge in [0.15, 0.2) is 23.0 Å². The molecule has 0 atom stereocenters. The van der Waals surface area contributed by atoms with Gasteiger partial charge < -0.3 is 29.4 Å². The van der Waals surface area contributed by atoms with Gasteiger partial charge in [-0.2, -0.15) is 0 Å². The molecular formula is C24H21BrClNO6. The average Bonchev–Trinajstić information content (AvgIpc) is 2.82. The van der Waals surface area contributed by atoms with Gasteiger partial charge in [0, 0.05) is 6.54 Å². The number of methoxy groups -OCH3 is 1. The van der Waals surface area contributed by atoms with Crippen LogP contribution < -0.4 is 24.3 Å². The number of ether oxygens (including phenoxy) is 4. The number of aromatic carboxylic acids is 1. The van der Waals surface area contributed by atoms with Crippen molar-refractivity contribution < 1.29 is 28.8 Å². The minimum absolute atomic E-state index is 0.156. The molecule has 2 N–H and O–H groups in total. The molecule has 3 aromatic carbocycles. The van der Waals surface area contributed by atoms with E-state index in [0.717, 1.165) is 21.3 Å². The molecule has 172 valence electrons. The Balaban J connectivity index is 1.47. The predicted octanol–water partition coefficient (Wildman–Crippen LogP) is 5.77. The van der Waals surface area contributed by atoms with Crippen molar-refractivity contribution in [3.63, 3.8) is 0 Å². The second kappa shape index (κ2) is 10.2. The van der Waals surface area contributed by atoms with Crippen LogP contribution in [0.4, 0.5) is 5.69 Å². The number of fused-ring (bicyclic) bond motifs is 1. The van der Waals surface area contributed by atoms with Gasteiger partial charge in [-0.05, 0) is 69.5 Å². The van der Waals surface area contributed by atoms with Crippen molar-refractivity contribution in [3.8, 4) is 23.0 Å². The molecule has 1 aliphatic heterocycles. The fourth-order valence-corrected chi connectivity index (χ4v) is 4.13. The third-order valence-electron chi connectivity index (χ3n) is 4.98. The number of carbonyl (C=O) groups is 1. The molecule has 1 aliphatic rings. The van der Waals surface area contributed by atoms with Crippen molar-refractivity contribution in [3.05, 3.63) is 74.7 Å². The minimum atomic E-state index is -1.02. The number of carboxylic acid groups (broad SMARTS) is 1. The Morgan fingerprint density at radius 1 is 1.09 bits per heavy atom. The highest BCUT2D eigenvalue weighted by atomic mass is 79.9. The Bertz CT molecular complexity index is 1190. The van der Waals surface area contributed by atoms with Gasteiger partial charge in [-0.1, -0.05) is 17.7 Å². The molecule has 0 bridgehead atoms. The van der Waals surface area contributed by atoms with E-state index in [0.29, 0.717) is 54.3 Å². The second-order valence-corrected chi connectivity index (χ2v) is 8.49. The van der Waals surface area contributed by atoms with Gasteiger partial charge in [-0.25, -0.2) is 4.79 Å². The van der Waals surface area contributed by atoms with Crippen molar-refractivity contribution >= 4 is 39.2 Å². The summed E-state index contributed by atoms with van der Waals surface area (Å²) in [7, 11) is 1.57. The van der Waals surface area contributed by atoms with Gasteiger partial charge in [0.25, 0.3) is 0 Å². The summed E-state index contributed by atoms with van der Waals surface area (Å²) in [5, 5.41) is 12.8. The zero-order valence-electron chi connectivity index (χ0n) is 17.7. The zero-order chi connectivity index (χ0) is 23.4. The number of halogens is 2. The average molecular weight is 535 g/mol. The first-order valence-electron chi connectivity index (χ1n) is 10.1.